The summed E-state index contributed by atoms with van der Waals surface area (Å²) in [6, 6.07) is 24.6. The Morgan fingerprint density at radius 2 is 1.65 bits per heavy atom. The van der Waals surface area contributed by atoms with E-state index in [1.807, 2.05) is 74.5 Å². The summed E-state index contributed by atoms with van der Waals surface area (Å²) in [7, 11) is 0. The number of hydrogen-bond donors (Lipinski definition) is 0. The van der Waals surface area contributed by atoms with E-state index >= 15 is 0 Å². The first-order valence-corrected chi connectivity index (χ1v) is 15.6. The largest absolute Gasteiger partial charge is 0.463 e. The third kappa shape index (κ3) is 5.74. The minimum Gasteiger partial charge on any atom is -0.463 e. The molecule has 234 valence electrons. The van der Waals surface area contributed by atoms with Gasteiger partial charge in [-0.25, -0.2) is 9.79 Å². The van der Waals surface area contributed by atoms with E-state index in [2.05, 4.69) is 9.56 Å². The fraction of sp³-hybridized carbons (Fsp3) is 0.171. The number of aromatic nitrogens is 2. The highest BCUT2D eigenvalue weighted by atomic mass is 35.5. The molecule has 46 heavy (non-hydrogen) atoms. The van der Waals surface area contributed by atoms with Gasteiger partial charge in [0.25, 0.3) is 5.56 Å². The lowest BCUT2D eigenvalue weighted by atomic mass is 9.95. The summed E-state index contributed by atoms with van der Waals surface area (Å²) in [4.78, 5) is 30.7. The first-order valence-electron chi connectivity index (χ1n) is 14.4. The number of alkyl halides is 3. The number of nitrogens with zero attached hydrogens (tertiary/aromatic N) is 3. The molecule has 0 saturated heterocycles. The van der Waals surface area contributed by atoms with Gasteiger partial charge in [-0.1, -0.05) is 77.5 Å². The predicted octanol–water partition coefficient (Wildman–Crippen LogP) is 7.07. The van der Waals surface area contributed by atoms with Gasteiger partial charge in [-0.3, -0.25) is 9.36 Å². The van der Waals surface area contributed by atoms with Crippen LogP contribution in [0.5, 0.6) is 0 Å². The van der Waals surface area contributed by atoms with Crippen molar-refractivity contribution in [2.75, 3.05) is 6.61 Å². The zero-order chi connectivity index (χ0) is 32.7. The van der Waals surface area contributed by atoms with E-state index in [1.54, 1.807) is 6.08 Å². The van der Waals surface area contributed by atoms with Gasteiger partial charge in [0.2, 0.25) is 0 Å². The maximum atomic E-state index is 14.4. The first-order chi connectivity index (χ1) is 22.0. The summed E-state index contributed by atoms with van der Waals surface area (Å²) in [6.07, 6.45) is -3.33. The summed E-state index contributed by atoms with van der Waals surface area (Å²) < 4.78 is 51.6. The molecular weight excluding hydrogens is 635 g/mol. The maximum absolute atomic E-state index is 14.4. The second-order valence-corrected chi connectivity index (χ2v) is 12.1. The standard InChI is InChI=1S/C35H27ClF3N3O3S/c1-4-45-33(44)29-30(24-10-14-26(36)15-11-24)42-32(43)28(46-34(42)40-31(29)35(37,38)39)19-25-18-20(2)41(21(25)3)27-16-12-23(13-17-27)22-8-6-5-7-9-22/h5-19,30H,4H2,1-3H3/b28-19-/t30-/m1/s1. The molecule has 0 amide bonds. The Hall–Kier alpha value is -4.67. The number of ether oxygens (including phenoxy) is 1. The lowest BCUT2D eigenvalue weighted by Gasteiger charge is -2.26. The molecule has 3 aromatic carbocycles. The van der Waals surface area contributed by atoms with Crippen LogP contribution >= 0.6 is 22.9 Å². The van der Waals surface area contributed by atoms with Crippen LogP contribution in [0.1, 0.15) is 35.5 Å². The molecule has 11 heteroatoms. The molecule has 5 aromatic rings. The Labute approximate surface area is 271 Å². The zero-order valence-electron chi connectivity index (χ0n) is 24.9. The number of rotatable bonds is 6. The molecule has 1 aliphatic rings. The number of carbonyl (C=O) groups excluding carboxylic acids is 1. The lowest BCUT2D eigenvalue weighted by molar-refractivity contribution is -0.140. The summed E-state index contributed by atoms with van der Waals surface area (Å²) in [5, 5.41) is 0.346. The van der Waals surface area contributed by atoms with Crippen molar-refractivity contribution in [1.82, 2.24) is 9.13 Å². The topological polar surface area (TPSA) is 65.6 Å². The van der Waals surface area contributed by atoms with Crippen LogP contribution in [0, 0.1) is 13.8 Å². The summed E-state index contributed by atoms with van der Waals surface area (Å²) >= 11 is 6.89. The molecule has 0 saturated carbocycles. The van der Waals surface area contributed by atoms with Crippen LogP contribution in [0.15, 0.2) is 106 Å². The van der Waals surface area contributed by atoms with E-state index in [4.69, 9.17) is 16.3 Å². The van der Waals surface area contributed by atoms with Gasteiger partial charge in [0, 0.05) is 22.1 Å². The van der Waals surface area contributed by atoms with Crippen molar-refractivity contribution in [3.05, 3.63) is 143 Å². The number of fused-ring (bicyclic) bond motifs is 1. The number of aryl methyl sites for hydroxylation is 1. The highest BCUT2D eigenvalue weighted by Crippen LogP contribution is 2.38. The molecule has 1 aliphatic heterocycles. The number of allylic oxidation sites excluding steroid dienone is 1. The van der Waals surface area contributed by atoms with Crippen molar-refractivity contribution in [1.29, 1.82) is 0 Å². The van der Waals surface area contributed by atoms with Crippen LogP contribution in [-0.2, 0) is 9.53 Å². The third-order valence-corrected chi connectivity index (χ3v) is 9.01. The van der Waals surface area contributed by atoms with Gasteiger partial charge in [0.05, 0.1) is 22.8 Å². The molecule has 6 rings (SSSR count). The number of hydrogen-bond acceptors (Lipinski definition) is 5. The fourth-order valence-corrected chi connectivity index (χ4v) is 6.82. The number of carbonyl (C=O) groups is 1. The molecule has 0 unspecified atom stereocenters. The maximum Gasteiger partial charge on any atom is 0.434 e. The highest BCUT2D eigenvalue weighted by Gasteiger charge is 2.45. The van der Waals surface area contributed by atoms with Gasteiger partial charge < -0.3 is 9.30 Å². The predicted molar refractivity (Wildman–Crippen MR) is 173 cm³/mol. The minimum atomic E-state index is -4.98. The third-order valence-electron chi connectivity index (χ3n) is 7.77. The van der Waals surface area contributed by atoms with Crippen LogP contribution in [0.3, 0.4) is 0 Å². The normalized spacial score (nSPS) is 15.1. The van der Waals surface area contributed by atoms with Gasteiger partial charge in [-0.2, -0.15) is 13.2 Å². The SMILES string of the molecule is CCOC(=O)C1=C(C(F)(F)F)N=c2s/c(=C\c3cc(C)n(-c4ccc(-c5ccccc5)cc4)c3C)c(=O)n2[C@@H]1c1ccc(Cl)cc1. The summed E-state index contributed by atoms with van der Waals surface area (Å²) in [6.45, 7) is 5.19. The molecule has 0 radical (unpaired) electrons. The fourth-order valence-electron chi connectivity index (χ4n) is 5.71. The zero-order valence-corrected chi connectivity index (χ0v) is 26.5. The molecule has 2 aromatic heterocycles. The minimum absolute atomic E-state index is 0.157. The Bertz CT molecular complexity index is 2160. The molecule has 0 aliphatic carbocycles. The molecule has 1 atom stereocenters. The second kappa shape index (κ2) is 12.3. The van der Waals surface area contributed by atoms with Crippen molar-refractivity contribution >= 4 is 35.0 Å². The van der Waals surface area contributed by atoms with Gasteiger partial charge >= 0.3 is 12.1 Å². The van der Waals surface area contributed by atoms with Crippen LogP contribution < -0.4 is 14.9 Å². The van der Waals surface area contributed by atoms with Gasteiger partial charge in [-0.15, -0.1) is 0 Å². The molecule has 0 fully saturated rings. The van der Waals surface area contributed by atoms with Crippen molar-refractivity contribution in [3.8, 4) is 16.8 Å². The van der Waals surface area contributed by atoms with E-state index < -0.39 is 35.0 Å². The van der Waals surface area contributed by atoms with Crippen molar-refractivity contribution < 1.29 is 22.7 Å². The van der Waals surface area contributed by atoms with Crippen LogP contribution in [-0.4, -0.2) is 27.9 Å². The number of halogens is 4. The van der Waals surface area contributed by atoms with E-state index in [-0.39, 0.29) is 21.5 Å². The lowest BCUT2D eigenvalue weighted by Crippen LogP contribution is -2.41. The van der Waals surface area contributed by atoms with E-state index in [0.29, 0.717) is 5.02 Å². The van der Waals surface area contributed by atoms with Crippen LogP contribution in [0.2, 0.25) is 5.02 Å². The molecule has 6 nitrogen and oxygen atoms in total. The molecule has 0 spiro atoms. The van der Waals surface area contributed by atoms with Gasteiger partial charge in [0.1, 0.15) is 0 Å². The quantitative estimate of drug-likeness (QED) is 0.183. The Kier molecular flexibility index (Phi) is 8.35. The van der Waals surface area contributed by atoms with Gasteiger partial charge in [-0.05, 0) is 79.4 Å². The molecule has 0 N–H and O–H groups in total. The van der Waals surface area contributed by atoms with Crippen LogP contribution in [0.4, 0.5) is 13.2 Å². The average molecular weight is 662 g/mol. The molecule has 3 heterocycles. The Morgan fingerprint density at radius 3 is 2.28 bits per heavy atom. The second-order valence-electron chi connectivity index (χ2n) is 10.7. The van der Waals surface area contributed by atoms with E-state index in [1.165, 1.54) is 31.2 Å². The van der Waals surface area contributed by atoms with Gasteiger partial charge in [0.15, 0.2) is 10.5 Å². The summed E-state index contributed by atoms with van der Waals surface area (Å²) in [5.41, 5.74) is 3.10. The first kappa shape index (κ1) is 31.3. The smallest absolute Gasteiger partial charge is 0.434 e. The molecule has 0 bridgehead atoms. The molecular formula is C35H27ClF3N3O3S. The number of esters is 1. The average Bonchev–Trinajstić information content (AvgIpc) is 3.50. The highest BCUT2D eigenvalue weighted by molar-refractivity contribution is 7.07. The van der Waals surface area contributed by atoms with E-state index in [0.717, 1.165) is 49.7 Å². The Morgan fingerprint density at radius 1 is 1.00 bits per heavy atom. The van der Waals surface area contributed by atoms with E-state index in [9.17, 15) is 22.8 Å². The van der Waals surface area contributed by atoms with Crippen molar-refractivity contribution in [2.24, 2.45) is 4.99 Å². The van der Waals surface area contributed by atoms with Crippen molar-refractivity contribution in [3.63, 3.8) is 0 Å². The summed E-state index contributed by atoms with van der Waals surface area (Å²) in [5.74, 6) is -1.20. The van der Waals surface area contributed by atoms with Crippen molar-refractivity contribution in [2.45, 2.75) is 33.0 Å². The monoisotopic (exact) mass is 661 g/mol. The Balaban J connectivity index is 1.49. The number of thiazole rings is 1. The number of benzene rings is 3. The van der Waals surface area contributed by atoms with Crippen LogP contribution in [0.25, 0.3) is 22.9 Å².